The molecule has 2 aromatic carbocycles. The van der Waals surface area contributed by atoms with E-state index in [1.807, 2.05) is 31.2 Å². The number of benzene rings is 2. The van der Waals surface area contributed by atoms with Crippen LogP contribution in [-0.2, 0) is 0 Å². The van der Waals surface area contributed by atoms with Crippen LogP contribution in [0.1, 0.15) is 29.8 Å². The van der Waals surface area contributed by atoms with Gasteiger partial charge in [0.2, 0.25) is 0 Å². The molecule has 7 nitrogen and oxygen atoms in total. The summed E-state index contributed by atoms with van der Waals surface area (Å²) in [5.41, 5.74) is 1.56. The van der Waals surface area contributed by atoms with Gasteiger partial charge in [-0.15, -0.1) is 12.4 Å². The molecule has 0 N–H and O–H groups in total. The third-order valence-corrected chi connectivity index (χ3v) is 7.01. The van der Waals surface area contributed by atoms with Crippen LogP contribution >= 0.6 is 23.7 Å². The number of anilines is 1. The number of nitrogens with zero attached hydrogens (tertiary/aromatic N) is 3. The van der Waals surface area contributed by atoms with Crippen molar-refractivity contribution < 1.29 is 13.9 Å². The predicted octanol–water partition coefficient (Wildman–Crippen LogP) is 5.13. The summed E-state index contributed by atoms with van der Waals surface area (Å²) in [5, 5.41) is 1.23. The fourth-order valence-electron chi connectivity index (χ4n) is 3.80. The number of fused-ring (bicyclic) bond motifs is 2. The van der Waals surface area contributed by atoms with Gasteiger partial charge in [0, 0.05) is 18.5 Å². The Hall–Kier alpha value is -2.94. The Morgan fingerprint density at radius 3 is 2.56 bits per heavy atom. The highest BCUT2D eigenvalue weighted by atomic mass is 35.5. The minimum absolute atomic E-state index is 0. The molecule has 0 spiro atoms. The molecule has 0 atom stereocenters. The van der Waals surface area contributed by atoms with E-state index in [1.165, 1.54) is 11.3 Å². The van der Waals surface area contributed by atoms with E-state index in [0.717, 1.165) is 23.4 Å². The topological polar surface area (TPSA) is 75.9 Å². The van der Waals surface area contributed by atoms with E-state index in [9.17, 15) is 9.59 Å². The summed E-state index contributed by atoms with van der Waals surface area (Å²) < 4.78 is 11.9. The minimum atomic E-state index is -0.651. The number of thiazole rings is 1. The van der Waals surface area contributed by atoms with Crippen LogP contribution in [0.3, 0.4) is 0 Å². The number of para-hydroxylation sites is 1. The van der Waals surface area contributed by atoms with E-state index >= 15 is 0 Å². The second kappa shape index (κ2) is 11.0. The molecule has 0 bridgehead atoms. The molecule has 34 heavy (non-hydrogen) atoms. The first-order valence-corrected chi connectivity index (χ1v) is 11.8. The lowest BCUT2D eigenvalue weighted by Gasteiger charge is -2.24. The van der Waals surface area contributed by atoms with Gasteiger partial charge in [-0.3, -0.25) is 9.69 Å². The molecule has 4 aromatic rings. The first-order chi connectivity index (χ1) is 16.0. The van der Waals surface area contributed by atoms with Gasteiger partial charge in [-0.25, -0.2) is 9.78 Å². The SMILES string of the molecule is CCN(CC)CCN(C(=O)c1cc2ccccc2oc1=O)c1nc2c(OC)ccc(C)c2s1.Cl. The van der Waals surface area contributed by atoms with Gasteiger partial charge in [0.25, 0.3) is 5.91 Å². The number of hydrogen-bond donors (Lipinski definition) is 0. The molecule has 0 radical (unpaired) electrons. The van der Waals surface area contributed by atoms with Gasteiger partial charge in [-0.2, -0.15) is 0 Å². The molecule has 0 fully saturated rings. The van der Waals surface area contributed by atoms with Crippen LogP contribution in [0.15, 0.2) is 51.7 Å². The molecule has 0 aliphatic rings. The molecule has 0 saturated carbocycles. The quantitative estimate of drug-likeness (QED) is 0.311. The monoisotopic (exact) mass is 501 g/mol. The summed E-state index contributed by atoms with van der Waals surface area (Å²) in [6.45, 7) is 8.95. The summed E-state index contributed by atoms with van der Waals surface area (Å²) in [4.78, 5) is 35.0. The van der Waals surface area contributed by atoms with Crippen LogP contribution in [0, 0.1) is 6.92 Å². The van der Waals surface area contributed by atoms with Crippen LogP contribution in [0.25, 0.3) is 21.2 Å². The highest BCUT2D eigenvalue weighted by Gasteiger charge is 2.26. The molecule has 180 valence electrons. The van der Waals surface area contributed by atoms with Gasteiger partial charge < -0.3 is 14.1 Å². The number of likely N-dealkylation sites (N-methyl/N-ethyl adjacent to an activating group) is 1. The number of methoxy groups -OCH3 is 1. The minimum Gasteiger partial charge on any atom is -0.494 e. The molecule has 4 rings (SSSR count). The summed E-state index contributed by atoms with van der Waals surface area (Å²) in [7, 11) is 1.60. The largest absolute Gasteiger partial charge is 0.494 e. The highest BCUT2D eigenvalue weighted by molar-refractivity contribution is 7.22. The third kappa shape index (κ3) is 4.94. The Balaban J connectivity index is 0.00000324. The van der Waals surface area contributed by atoms with Gasteiger partial charge >= 0.3 is 5.63 Å². The second-order valence-corrected chi connectivity index (χ2v) is 8.71. The fourth-order valence-corrected chi connectivity index (χ4v) is 4.88. The normalized spacial score (nSPS) is 11.1. The van der Waals surface area contributed by atoms with Crippen LogP contribution in [-0.4, -0.2) is 49.1 Å². The van der Waals surface area contributed by atoms with Crippen molar-refractivity contribution in [2.24, 2.45) is 0 Å². The summed E-state index contributed by atoms with van der Waals surface area (Å²) >= 11 is 1.42. The lowest BCUT2D eigenvalue weighted by atomic mass is 10.1. The first-order valence-electron chi connectivity index (χ1n) is 11.0. The Bertz CT molecular complexity index is 1360. The number of rotatable bonds is 8. The molecule has 9 heteroatoms. The fraction of sp³-hybridized carbons (Fsp3) is 0.320. The number of carbonyl (C=O) groups excluding carboxylic acids is 1. The second-order valence-electron chi connectivity index (χ2n) is 7.73. The van der Waals surface area contributed by atoms with Crippen molar-refractivity contribution in [2.45, 2.75) is 20.8 Å². The van der Waals surface area contributed by atoms with Crippen molar-refractivity contribution in [2.75, 3.05) is 38.2 Å². The standard InChI is InChI=1S/C25H27N3O4S.ClH/c1-5-27(6-2)13-14-28(25-26-21-20(31-4)12-11-16(3)22(21)33-25)23(29)18-15-17-9-7-8-10-19(17)32-24(18)30;/h7-12,15H,5-6,13-14H2,1-4H3;1H. The van der Waals surface area contributed by atoms with Gasteiger partial charge in [-0.1, -0.05) is 49.4 Å². The van der Waals surface area contributed by atoms with Crippen LogP contribution in [0.5, 0.6) is 5.75 Å². The Morgan fingerprint density at radius 1 is 1.12 bits per heavy atom. The highest BCUT2D eigenvalue weighted by Crippen LogP contribution is 2.36. The first kappa shape index (κ1) is 25.7. The molecular formula is C25H28ClN3O4S. The number of hydrogen-bond acceptors (Lipinski definition) is 7. The van der Waals surface area contributed by atoms with Gasteiger partial charge in [0.05, 0.1) is 11.8 Å². The number of halogens is 1. The molecule has 2 heterocycles. The van der Waals surface area contributed by atoms with Crippen molar-refractivity contribution in [3.05, 3.63) is 64.0 Å². The van der Waals surface area contributed by atoms with Gasteiger partial charge in [0.15, 0.2) is 5.13 Å². The maximum atomic E-state index is 13.7. The molecule has 0 unspecified atom stereocenters. The van der Waals surface area contributed by atoms with Crippen LogP contribution in [0.2, 0.25) is 0 Å². The maximum Gasteiger partial charge on any atom is 0.349 e. The average Bonchev–Trinajstić information content (AvgIpc) is 3.27. The van der Waals surface area contributed by atoms with E-state index < -0.39 is 11.5 Å². The molecule has 0 aliphatic heterocycles. The number of ether oxygens (including phenoxy) is 1. The van der Waals surface area contributed by atoms with Crippen molar-refractivity contribution in [3.8, 4) is 5.75 Å². The van der Waals surface area contributed by atoms with E-state index in [0.29, 0.717) is 40.5 Å². The molecular weight excluding hydrogens is 474 g/mol. The Labute approximate surface area is 208 Å². The summed E-state index contributed by atoms with van der Waals surface area (Å²) in [6, 6.07) is 12.6. The van der Waals surface area contributed by atoms with E-state index in [2.05, 4.69) is 18.7 Å². The lowest BCUT2D eigenvalue weighted by molar-refractivity contribution is 0.0980. The number of carbonyl (C=O) groups is 1. The predicted molar refractivity (Wildman–Crippen MR) is 140 cm³/mol. The van der Waals surface area contributed by atoms with Crippen molar-refractivity contribution in [1.82, 2.24) is 9.88 Å². The summed E-state index contributed by atoms with van der Waals surface area (Å²) in [5.74, 6) is 0.233. The third-order valence-electron chi connectivity index (χ3n) is 5.79. The number of aryl methyl sites for hydroxylation is 1. The van der Waals surface area contributed by atoms with Crippen molar-refractivity contribution >= 4 is 56.0 Å². The van der Waals surface area contributed by atoms with Crippen molar-refractivity contribution in [3.63, 3.8) is 0 Å². The van der Waals surface area contributed by atoms with Crippen LogP contribution in [0.4, 0.5) is 5.13 Å². The van der Waals surface area contributed by atoms with Crippen LogP contribution < -0.4 is 15.3 Å². The zero-order valence-corrected chi connectivity index (χ0v) is 21.3. The summed E-state index contributed by atoms with van der Waals surface area (Å²) in [6.07, 6.45) is 0. The maximum absolute atomic E-state index is 13.7. The van der Waals surface area contributed by atoms with Gasteiger partial charge in [-0.05, 0) is 43.8 Å². The average molecular weight is 502 g/mol. The molecule has 0 aliphatic carbocycles. The van der Waals surface area contributed by atoms with E-state index in [4.69, 9.17) is 14.1 Å². The Kier molecular flexibility index (Phi) is 8.30. The molecule has 1 amide bonds. The van der Waals surface area contributed by atoms with Crippen molar-refractivity contribution in [1.29, 1.82) is 0 Å². The molecule has 2 aromatic heterocycles. The van der Waals surface area contributed by atoms with Gasteiger partial charge in [0.1, 0.15) is 22.4 Å². The number of amides is 1. The lowest BCUT2D eigenvalue weighted by Crippen LogP contribution is -2.40. The molecule has 0 saturated heterocycles. The van der Waals surface area contributed by atoms with E-state index in [1.54, 1.807) is 30.2 Å². The zero-order valence-electron chi connectivity index (χ0n) is 19.7. The van der Waals surface area contributed by atoms with E-state index in [-0.39, 0.29) is 18.0 Å². The number of aromatic nitrogens is 1. The zero-order chi connectivity index (χ0) is 23.5. The Morgan fingerprint density at radius 2 is 1.85 bits per heavy atom. The smallest absolute Gasteiger partial charge is 0.349 e.